The van der Waals surface area contributed by atoms with Crippen LogP contribution in [0.4, 0.5) is 0 Å². The minimum absolute atomic E-state index is 1.20. The molecular formula is C8H12IN. The van der Waals surface area contributed by atoms with Crippen LogP contribution in [0, 0.1) is 10.5 Å². The van der Waals surface area contributed by atoms with Crippen LogP contribution in [-0.2, 0) is 0 Å². The zero-order valence-electron chi connectivity index (χ0n) is 6.56. The highest BCUT2D eigenvalue weighted by molar-refractivity contribution is 14.1. The van der Waals surface area contributed by atoms with Gasteiger partial charge in [0, 0.05) is 16.0 Å². The van der Waals surface area contributed by atoms with Crippen LogP contribution in [0.25, 0.3) is 0 Å². The highest BCUT2D eigenvalue weighted by Gasteiger charge is 1.83. The van der Waals surface area contributed by atoms with E-state index in [9.17, 15) is 0 Å². The highest BCUT2D eigenvalue weighted by Crippen LogP contribution is 2.02. The summed E-state index contributed by atoms with van der Waals surface area (Å²) in [6.07, 6.45) is 3.69. The summed E-state index contributed by atoms with van der Waals surface area (Å²) < 4.78 is 1.20. The van der Waals surface area contributed by atoms with Crippen LogP contribution in [0.15, 0.2) is 18.5 Å². The fourth-order valence-electron chi connectivity index (χ4n) is 0.518. The smallest absolute Gasteiger partial charge is 0.0401 e. The Morgan fingerprint density at radius 3 is 2.20 bits per heavy atom. The molecule has 0 saturated carbocycles. The van der Waals surface area contributed by atoms with Gasteiger partial charge in [0.15, 0.2) is 0 Å². The van der Waals surface area contributed by atoms with Gasteiger partial charge in [-0.25, -0.2) is 0 Å². The molecule has 0 spiro atoms. The van der Waals surface area contributed by atoms with E-state index in [0.717, 1.165) is 0 Å². The van der Waals surface area contributed by atoms with E-state index in [4.69, 9.17) is 0 Å². The standard InChI is InChI=1S/C6H6IN.C2H6/c1-5-2-6(7)4-8-3-5;1-2/h2-4H,1H3;1-2H3. The third kappa shape index (κ3) is 3.82. The molecule has 0 aromatic carbocycles. The molecule has 0 N–H and O–H groups in total. The molecule has 0 unspecified atom stereocenters. The van der Waals surface area contributed by atoms with Gasteiger partial charge in [0.25, 0.3) is 0 Å². The Balaban J connectivity index is 0.000000371. The average Bonchev–Trinajstić information content (AvgIpc) is 1.91. The predicted octanol–water partition coefficient (Wildman–Crippen LogP) is 3.02. The fourth-order valence-corrected chi connectivity index (χ4v) is 1.17. The van der Waals surface area contributed by atoms with E-state index in [-0.39, 0.29) is 0 Å². The Bertz CT molecular complexity index is 169. The number of pyridine rings is 1. The van der Waals surface area contributed by atoms with Crippen molar-refractivity contribution in [1.29, 1.82) is 0 Å². The molecule has 1 heterocycles. The lowest BCUT2D eigenvalue weighted by Gasteiger charge is -1.88. The lowest BCUT2D eigenvalue weighted by molar-refractivity contribution is 1.25. The molecule has 56 valence electrons. The van der Waals surface area contributed by atoms with Crippen molar-refractivity contribution in [3.8, 4) is 0 Å². The van der Waals surface area contributed by atoms with Crippen LogP contribution in [0.3, 0.4) is 0 Å². The summed E-state index contributed by atoms with van der Waals surface area (Å²) in [5, 5.41) is 0. The van der Waals surface area contributed by atoms with Crippen LogP contribution < -0.4 is 0 Å². The predicted molar refractivity (Wildman–Crippen MR) is 53.0 cm³/mol. The van der Waals surface area contributed by atoms with Gasteiger partial charge < -0.3 is 0 Å². The van der Waals surface area contributed by atoms with Gasteiger partial charge >= 0.3 is 0 Å². The van der Waals surface area contributed by atoms with Crippen molar-refractivity contribution in [2.24, 2.45) is 0 Å². The van der Waals surface area contributed by atoms with Crippen molar-refractivity contribution >= 4 is 22.6 Å². The first kappa shape index (κ1) is 9.88. The van der Waals surface area contributed by atoms with Gasteiger partial charge in [-0.2, -0.15) is 0 Å². The molecule has 1 aromatic rings. The zero-order valence-corrected chi connectivity index (χ0v) is 8.71. The topological polar surface area (TPSA) is 12.9 Å². The van der Waals surface area contributed by atoms with Crippen molar-refractivity contribution in [2.45, 2.75) is 20.8 Å². The summed E-state index contributed by atoms with van der Waals surface area (Å²) in [5.74, 6) is 0. The Labute approximate surface area is 76.0 Å². The lowest BCUT2D eigenvalue weighted by atomic mass is 10.3. The van der Waals surface area contributed by atoms with Crippen molar-refractivity contribution in [3.63, 3.8) is 0 Å². The van der Waals surface area contributed by atoms with Gasteiger partial charge in [0.05, 0.1) is 0 Å². The molecule has 0 saturated heterocycles. The maximum Gasteiger partial charge on any atom is 0.0401 e. The Morgan fingerprint density at radius 2 is 1.90 bits per heavy atom. The first-order valence-corrected chi connectivity index (χ1v) is 4.44. The molecule has 0 radical (unpaired) electrons. The molecule has 0 atom stereocenters. The van der Waals surface area contributed by atoms with Crippen molar-refractivity contribution < 1.29 is 0 Å². The largest absolute Gasteiger partial charge is 0.263 e. The summed E-state index contributed by atoms with van der Waals surface area (Å²) in [6.45, 7) is 6.04. The maximum absolute atomic E-state index is 3.98. The van der Waals surface area contributed by atoms with Crippen LogP contribution >= 0.6 is 22.6 Å². The van der Waals surface area contributed by atoms with E-state index in [2.05, 4.69) is 33.6 Å². The van der Waals surface area contributed by atoms with E-state index in [1.807, 2.05) is 33.2 Å². The normalized spacial score (nSPS) is 8.00. The second-order valence-electron chi connectivity index (χ2n) is 1.68. The highest BCUT2D eigenvalue weighted by atomic mass is 127. The Kier molecular flexibility index (Phi) is 5.58. The molecular weight excluding hydrogens is 237 g/mol. The van der Waals surface area contributed by atoms with Crippen LogP contribution in [-0.4, -0.2) is 4.98 Å². The molecule has 1 rings (SSSR count). The van der Waals surface area contributed by atoms with Gasteiger partial charge in [0.1, 0.15) is 0 Å². The lowest BCUT2D eigenvalue weighted by Crippen LogP contribution is -1.76. The SMILES string of the molecule is CC.Cc1cncc(I)c1. The van der Waals surface area contributed by atoms with E-state index in [0.29, 0.717) is 0 Å². The molecule has 1 aromatic heterocycles. The molecule has 0 amide bonds. The van der Waals surface area contributed by atoms with E-state index in [1.54, 1.807) is 0 Å². The molecule has 10 heavy (non-hydrogen) atoms. The summed E-state index contributed by atoms with van der Waals surface area (Å²) >= 11 is 2.24. The summed E-state index contributed by atoms with van der Waals surface area (Å²) in [4.78, 5) is 3.98. The zero-order chi connectivity index (χ0) is 7.98. The number of nitrogens with zero attached hydrogens (tertiary/aromatic N) is 1. The monoisotopic (exact) mass is 249 g/mol. The second kappa shape index (κ2) is 5.65. The number of halogens is 1. The van der Waals surface area contributed by atoms with Gasteiger partial charge in [-0.05, 0) is 41.1 Å². The second-order valence-corrected chi connectivity index (χ2v) is 2.93. The summed E-state index contributed by atoms with van der Waals surface area (Å²) in [6, 6.07) is 2.09. The quantitative estimate of drug-likeness (QED) is 0.644. The minimum atomic E-state index is 1.20. The van der Waals surface area contributed by atoms with Crippen LogP contribution in [0.2, 0.25) is 0 Å². The third-order valence-electron chi connectivity index (χ3n) is 0.842. The van der Waals surface area contributed by atoms with Gasteiger partial charge in [-0.3, -0.25) is 4.98 Å². The molecule has 0 aliphatic heterocycles. The Hall–Kier alpha value is -0.120. The van der Waals surface area contributed by atoms with Gasteiger partial charge in [-0.15, -0.1) is 0 Å². The van der Waals surface area contributed by atoms with Crippen LogP contribution in [0.5, 0.6) is 0 Å². The summed E-state index contributed by atoms with van der Waals surface area (Å²) in [7, 11) is 0. The number of aromatic nitrogens is 1. The first-order chi connectivity index (χ1) is 4.79. The molecule has 1 nitrogen and oxygen atoms in total. The molecule has 0 bridgehead atoms. The minimum Gasteiger partial charge on any atom is -0.263 e. The van der Waals surface area contributed by atoms with Crippen LogP contribution in [0.1, 0.15) is 19.4 Å². The van der Waals surface area contributed by atoms with Crippen molar-refractivity contribution in [3.05, 3.63) is 27.6 Å². The van der Waals surface area contributed by atoms with E-state index >= 15 is 0 Å². The van der Waals surface area contributed by atoms with Crippen molar-refractivity contribution in [1.82, 2.24) is 4.98 Å². The number of hydrogen-bond acceptors (Lipinski definition) is 1. The first-order valence-electron chi connectivity index (χ1n) is 3.36. The summed E-state index contributed by atoms with van der Waals surface area (Å²) in [5.41, 5.74) is 1.22. The molecule has 2 heteroatoms. The van der Waals surface area contributed by atoms with Gasteiger partial charge in [-0.1, -0.05) is 13.8 Å². The number of hydrogen-bond donors (Lipinski definition) is 0. The maximum atomic E-state index is 3.98. The molecule has 0 aliphatic rings. The van der Waals surface area contributed by atoms with Gasteiger partial charge in [0.2, 0.25) is 0 Å². The number of rotatable bonds is 0. The van der Waals surface area contributed by atoms with E-state index < -0.39 is 0 Å². The Morgan fingerprint density at radius 1 is 1.30 bits per heavy atom. The van der Waals surface area contributed by atoms with Crippen molar-refractivity contribution in [2.75, 3.05) is 0 Å². The number of aryl methyl sites for hydroxylation is 1. The average molecular weight is 249 g/mol. The molecule has 0 fully saturated rings. The third-order valence-corrected chi connectivity index (χ3v) is 1.43. The fraction of sp³-hybridized carbons (Fsp3) is 0.375. The van der Waals surface area contributed by atoms with E-state index in [1.165, 1.54) is 9.13 Å². The molecule has 0 aliphatic carbocycles.